The molecule has 0 radical (unpaired) electrons. The van der Waals surface area contributed by atoms with E-state index in [0.29, 0.717) is 60.8 Å². The maximum absolute atomic E-state index is 12.6. The fourth-order valence-electron chi connectivity index (χ4n) is 4.52. The summed E-state index contributed by atoms with van der Waals surface area (Å²) < 4.78 is 10.9. The third-order valence-corrected chi connectivity index (χ3v) is 6.53. The molecule has 0 bridgehead atoms. The molecular formula is C25H34N6O4. The first-order valence-electron chi connectivity index (χ1n) is 12.0. The molecule has 2 aliphatic rings. The van der Waals surface area contributed by atoms with Crippen LogP contribution in [0.25, 0.3) is 0 Å². The molecule has 2 heterocycles. The number of carbonyl (C=O) groups is 2. The van der Waals surface area contributed by atoms with E-state index in [4.69, 9.17) is 14.5 Å². The number of anilines is 4. The molecule has 1 aliphatic heterocycles. The highest BCUT2D eigenvalue weighted by Crippen LogP contribution is 2.37. The summed E-state index contributed by atoms with van der Waals surface area (Å²) in [7, 11) is 7.06. The fourth-order valence-corrected chi connectivity index (χ4v) is 4.52. The van der Waals surface area contributed by atoms with E-state index < -0.39 is 5.97 Å². The van der Waals surface area contributed by atoms with Crippen LogP contribution in [0.1, 0.15) is 42.5 Å². The van der Waals surface area contributed by atoms with Gasteiger partial charge in [-0.3, -0.25) is 4.79 Å². The van der Waals surface area contributed by atoms with Crippen molar-refractivity contribution in [3.05, 3.63) is 30.0 Å². The number of amides is 1. The Labute approximate surface area is 206 Å². The van der Waals surface area contributed by atoms with Crippen molar-refractivity contribution < 1.29 is 19.1 Å². The second-order valence-corrected chi connectivity index (χ2v) is 9.22. The van der Waals surface area contributed by atoms with Crippen LogP contribution in [0.2, 0.25) is 0 Å². The van der Waals surface area contributed by atoms with Crippen molar-refractivity contribution in [2.45, 2.75) is 38.1 Å². The van der Waals surface area contributed by atoms with Crippen LogP contribution < -0.4 is 19.9 Å². The van der Waals surface area contributed by atoms with Gasteiger partial charge in [0.25, 0.3) is 0 Å². The number of aromatic nitrogens is 2. The highest BCUT2D eigenvalue weighted by atomic mass is 16.5. The summed E-state index contributed by atoms with van der Waals surface area (Å²) in [6, 6.07) is 5.47. The van der Waals surface area contributed by atoms with Crippen molar-refractivity contribution in [1.82, 2.24) is 14.9 Å². The number of benzene rings is 1. The van der Waals surface area contributed by atoms with E-state index in [1.165, 1.54) is 20.0 Å². The molecule has 0 unspecified atom stereocenters. The predicted molar refractivity (Wildman–Crippen MR) is 135 cm³/mol. The molecule has 35 heavy (non-hydrogen) atoms. The summed E-state index contributed by atoms with van der Waals surface area (Å²) in [6.07, 6.45) is 6.73. The number of likely N-dealkylation sites (N-methyl/N-ethyl adjacent to an activating group) is 1. The zero-order chi connectivity index (χ0) is 24.9. The van der Waals surface area contributed by atoms with Crippen LogP contribution >= 0.6 is 0 Å². The number of rotatable bonds is 8. The van der Waals surface area contributed by atoms with Crippen LogP contribution in [-0.2, 0) is 9.53 Å². The molecule has 1 aromatic carbocycles. The average Bonchev–Trinajstić information content (AvgIpc) is 3.35. The number of carbonyl (C=O) groups excluding carboxylic acids is 2. The molecule has 10 nitrogen and oxygen atoms in total. The lowest BCUT2D eigenvalue weighted by Gasteiger charge is -2.30. The number of hydrogen-bond donors (Lipinski definition) is 1. The highest BCUT2D eigenvalue weighted by Gasteiger charge is 2.31. The molecule has 1 saturated carbocycles. The van der Waals surface area contributed by atoms with Crippen LogP contribution in [0.3, 0.4) is 0 Å². The Morgan fingerprint density at radius 1 is 1.26 bits per heavy atom. The van der Waals surface area contributed by atoms with Gasteiger partial charge < -0.3 is 29.5 Å². The molecule has 10 heteroatoms. The molecule has 0 spiro atoms. The van der Waals surface area contributed by atoms with Gasteiger partial charge in [0, 0.05) is 32.6 Å². The second kappa shape index (κ2) is 10.9. The Kier molecular flexibility index (Phi) is 7.70. The smallest absolute Gasteiger partial charge is 0.337 e. The Bertz CT molecular complexity index is 1070. The van der Waals surface area contributed by atoms with Crippen molar-refractivity contribution in [3.63, 3.8) is 0 Å². The minimum atomic E-state index is -0.435. The lowest BCUT2D eigenvalue weighted by Crippen LogP contribution is -2.34. The minimum absolute atomic E-state index is 0.0611. The van der Waals surface area contributed by atoms with E-state index >= 15 is 0 Å². The van der Waals surface area contributed by atoms with Crippen LogP contribution in [0.5, 0.6) is 5.75 Å². The number of ether oxygens (including phenoxy) is 2. The van der Waals surface area contributed by atoms with E-state index in [9.17, 15) is 9.59 Å². The quantitative estimate of drug-likeness (QED) is 0.569. The van der Waals surface area contributed by atoms with Gasteiger partial charge in [0.2, 0.25) is 11.9 Å². The zero-order valence-corrected chi connectivity index (χ0v) is 20.9. The average molecular weight is 483 g/mol. The van der Waals surface area contributed by atoms with Gasteiger partial charge in [-0.25, -0.2) is 9.78 Å². The van der Waals surface area contributed by atoms with Gasteiger partial charge in [-0.15, -0.1) is 0 Å². The Morgan fingerprint density at radius 2 is 2.03 bits per heavy atom. The van der Waals surface area contributed by atoms with Crippen molar-refractivity contribution in [2.75, 3.05) is 63.1 Å². The normalized spacial score (nSPS) is 16.3. The summed E-state index contributed by atoms with van der Waals surface area (Å²) >= 11 is 0. The first-order valence-corrected chi connectivity index (χ1v) is 12.0. The molecule has 4 rings (SSSR count). The van der Waals surface area contributed by atoms with Crippen LogP contribution in [0, 0.1) is 0 Å². The third-order valence-electron chi connectivity index (χ3n) is 6.53. The largest absolute Gasteiger partial charge is 0.490 e. The zero-order valence-electron chi connectivity index (χ0n) is 20.9. The maximum atomic E-state index is 12.6. The topological polar surface area (TPSA) is 100 Å². The first kappa shape index (κ1) is 24.7. The van der Waals surface area contributed by atoms with Crippen molar-refractivity contribution in [1.29, 1.82) is 0 Å². The number of esters is 1. The molecule has 1 aromatic heterocycles. The monoisotopic (exact) mass is 482 g/mol. The number of nitrogens with zero attached hydrogens (tertiary/aromatic N) is 5. The van der Waals surface area contributed by atoms with E-state index in [2.05, 4.69) is 15.2 Å². The number of nitrogens with one attached hydrogen (secondary N) is 1. The van der Waals surface area contributed by atoms with Gasteiger partial charge in [-0.1, -0.05) is 12.8 Å². The van der Waals surface area contributed by atoms with Crippen molar-refractivity contribution >= 4 is 35.0 Å². The molecule has 0 atom stereocenters. The molecular weight excluding hydrogens is 448 g/mol. The molecule has 1 fully saturated rings. The van der Waals surface area contributed by atoms with Gasteiger partial charge >= 0.3 is 5.97 Å². The Balaban J connectivity index is 1.65. The van der Waals surface area contributed by atoms with E-state index in [1.54, 1.807) is 36.3 Å². The molecule has 1 N–H and O–H groups in total. The number of fused-ring (bicyclic) bond motifs is 1. The minimum Gasteiger partial charge on any atom is -0.490 e. The first-order chi connectivity index (χ1) is 16.9. The SMILES string of the molecule is COC(=O)c1ccc(Nc2ncc3c(n2)N(C2CCCC2)CCC(=O)N3C)c(OCCN(C)C)c1. The number of hydrogen-bond acceptors (Lipinski definition) is 9. The maximum Gasteiger partial charge on any atom is 0.337 e. The second-order valence-electron chi connectivity index (χ2n) is 9.22. The number of methoxy groups -OCH3 is 1. The fraction of sp³-hybridized carbons (Fsp3) is 0.520. The Hall–Kier alpha value is -3.40. The summed E-state index contributed by atoms with van der Waals surface area (Å²) in [4.78, 5) is 39.9. The van der Waals surface area contributed by atoms with E-state index in [1.807, 2.05) is 19.0 Å². The van der Waals surface area contributed by atoms with Crippen molar-refractivity contribution in [2.24, 2.45) is 0 Å². The van der Waals surface area contributed by atoms with E-state index in [0.717, 1.165) is 18.7 Å². The lowest BCUT2D eigenvalue weighted by molar-refractivity contribution is -0.118. The third kappa shape index (κ3) is 5.64. The molecule has 188 valence electrons. The molecule has 1 aliphatic carbocycles. The summed E-state index contributed by atoms with van der Waals surface area (Å²) in [5, 5.41) is 3.26. The summed E-state index contributed by atoms with van der Waals surface area (Å²) in [5.41, 5.74) is 1.75. The van der Waals surface area contributed by atoms with Crippen LogP contribution in [-0.4, -0.2) is 80.7 Å². The van der Waals surface area contributed by atoms with Gasteiger partial charge in [0.15, 0.2) is 5.82 Å². The van der Waals surface area contributed by atoms with Gasteiger partial charge in [0.1, 0.15) is 18.0 Å². The van der Waals surface area contributed by atoms with Crippen LogP contribution in [0.4, 0.5) is 23.1 Å². The molecule has 1 amide bonds. The van der Waals surface area contributed by atoms with E-state index in [-0.39, 0.29) is 5.91 Å². The highest BCUT2D eigenvalue weighted by molar-refractivity contribution is 5.97. The van der Waals surface area contributed by atoms with Gasteiger partial charge in [0.05, 0.1) is 24.6 Å². The predicted octanol–water partition coefficient (Wildman–Crippen LogP) is 3.06. The standard InChI is InChI=1S/C25H34N6O4/c1-29(2)13-14-35-21-15-17(24(33)34-4)9-10-19(21)27-25-26-16-20-23(28-25)31(18-7-5-6-8-18)12-11-22(32)30(20)3/h9-10,15-16,18H,5-8,11-14H2,1-4H3,(H,26,27,28). The molecule has 2 aromatic rings. The van der Waals surface area contributed by atoms with Crippen molar-refractivity contribution in [3.8, 4) is 5.75 Å². The van der Waals surface area contributed by atoms with Crippen LogP contribution in [0.15, 0.2) is 24.4 Å². The van der Waals surface area contributed by atoms with Gasteiger partial charge in [-0.05, 0) is 45.1 Å². The summed E-state index contributed by atoms with van der Waals surface area (Å²) in [6.45, 7) is 1.80. The van der Waals surface area contributed by atoms with Gasteiger partial charge in [-0.2, -0.15) is 4.98 Å². The Morgan fingerprint density at radius 3 is 2.74 bits per heavy atom. The molecule has 0 saturated heterocycles. The summed E-state index contributed by atoms with van der Waals surface area (Å²) in [5.74, 6) is 1.30. The lowest BCUT2D eigenvalue weighted by atomic mass is 10.2.